The molecular weight excluding hydrogens is 438 g/mol. The molecule has 3 heterocycles. The summed E-state index contributed by atoms with van der Waals surface area (Å²) in [4.78, 5) is 28.2. The fourth-order valence-corrected chi connectivity index (χ4v) is 4.95. The molecule has 8 heteroatoms. The van der Waals surface area contributed by atoms with Crippen molar-refractivity contribution in [3.8, 4) is 0 Å². The molecule has 28 heavy (non-hydrogen) atoms. The Bertz CT molecular complexity index is 1010. The molecule has 1 N–H and O–H groups in total. The number of anilines is 2. The molecule has 1 aliphatic rings. The molecule has 6 nitrogen and oxygen atoms in total. The number of likely N-dealkylation sites (N-methyl/N-ethyl adjacent to an activating group) is 1. The van der Waals surface area contributed by atoms with E-state index in [0.717, 1.165) is 64.5 Å². The normalized spacial score (nSPS) is 15.2. The number of nitrogens with zero attached hydrogens (tertiary/aromatic N) is 4. The van der Waals surface area contributed by atoms with Gasteiger partial charge in [0.25, 0.3) is 5.91 Å². The van der Waals surface area contributed by atoms with Gasteiger partial charge < -0.3 is 15.1 Å². The van der Waals surface area contributed by atoms with Gasteiger partial charge in [-0.3, -0.25) is 4.79 Å². The number of hydrogen-bond acceptors (Lipinski definition) is 6. The highest BCUT2D eigenvalue weighted by Crippen LogP contribution is 2.36. The van der Waals surface area contributed by atoms with Crippen LogP contribution >= 0.6 is 27.3 Å². The number of fused-ring (bicyclic) bond motifs is 1. The Labute approximate surface area is 176 Å². The van der Waals surface area contributed by atoms with Crippen molar-refractivity contribution in [3.05, 3.63) is 45.5 Å². The number of thiophene rings is 1. The summed E-state index contributed by atoms with van der Waals surface area (Å²) in [6.07, 6.45) is 1.61. The van der Waals surface area contributed by atoms with E-state index in [2.05, 4.69) is 47.9 Å². The largest absolute Gasteiger partial charge is 0.353 e. The second-order valence-corrected chi connectivity index (χ2v) is 8.64. The maximum atomic E-state index is 12.9. The number of halogens is 1. The summed E-state index contributed by atoms with van der Waals surface area (Å²) in [6.45, 7) is 9.19. The number of aryl methyl sites for hydroxylation is 1. The number of rotatable bonds is 4. The lowest BCUT2D eigenvalue weighted by molar-refractivity contribution is 0.103. The van der Waals surface area contributed by atoms with Gasteiger partial charge in [0.05, 0.1) is 16.0 Å². The zero-order valence-electron chi connectivity index (χ0n) is 15.9. The minimum absolute atomic E-state index is 0.117. The summed E-state index contributed by atoms with van der Waals surface area (Å²) in [5.74, 6) is 0.823. The van der Waals surface area contributed by atoms with Gasteiger partial charge in [-0.2, -0.15) is 0 Å². The lowest BCUT2D eigenvalue weighted by atomic mass is 10.1. The van der Waals surface area contributed by atoms with E-state index in [1.165, 1.54) is 11.3 Å². The summed E-state index contributed by atoms with van der Waals surface area (Å²) < 4.78 is 0.858. The average molecular weight is 460 g/mol. The number of amides is 1. The molecule has 0 bridgehead atoms. The third kappa shape index (κ3) is 3.64. The highest BCUT2D eigenvalue weighted by atomic mass is 79.9. The fraction of sp³-hybridized carbons (Fsp3) is 0.350. The molecule has 0 spiro atoms. The molecule has 1 amide bonds. The van der Waals surface area contributed by atoms with Gasteiger partial charge in [-0.1, -0.05) is 19.1 Å². The first kappa shape index (κ1) is 19.3. The predicted octanol–water partition coefficient (Wildman–Crippen LogP) is 4.16. The summed E-state index contributed by atoms with van der Waals surface area (Å²) in [6, 6.07) is 7.61. The topological polar surface area (TPSA) is 61.4 Å². The Balaban J connectivity index is 1.66. The maximum Gasteiger partial charge on any atom is 0.266 e. The van der Waals surface area contributed by atoms with Crippen LogP contribution in [0.4, 0.5) is 11.5 Å². The van der Waals surface area contributed by atoms with Gasteiger partial charge in [0.15, 0.2) is 0 Å². The van der Waals surface area contributed by atoms with Gasteiger partial charge in [0, 0.05) is 30.7 Å². The maximum absolute atomic E-state index is 12.9. The molecule has 4 rings (SSSR count). The Hall–Kier alpha value is -2.03. The van der Waals surface area contributed by atoms with Crippen LogP contribution in [0.2, 0.25) is 0 Å². The van der Waals surface area contributed by atoms with Crippen LogP contribution < -0.4 is 10.2 Å². The molecule has 1 fully saturated rings. The van der Waals surface area contributed by atoms with Gasteiger partial charge in [0.2, 0.25) is 0 Å². The van der Waals surface area contributed by atoms with E-state index in [4.69, 9.17) is 0 Å². The highest BCUT2D eigenvalue weighted by molar-refractivity contribution is 9.10. The van der Waals surface area contributed by atoms with Gasteiger partial charge in [0.1, 0.15) is 17.0 Å². The van der Waals surface area contributed by atoms with Gasteiger partial charge >= 0.3 is 0 Å². The summed E-state index contributed by atoms with van der Waals surface area (Å²) in [5.41, 5.74) is 1.70. The standard InChI is InChI=1S/C20H22BrN5OS/c1-3-25-8-10-26(11-9-25)18-16-13(2)17(28-20(16)23-12-22-18)19(27)24-15-7-5-4-6-14(15)21/h4-7,12H,3,8-11H2,1-2H3,(H,24,27). The second-order valence-electron chi connectivity index (χ2n) is 6.79. The minimum Gasteiger partial charge on any atom is -0.353 e. The Kier molecular flexibility index (Phi) is 5.61. The first-order valence-corrected chi connectivity index (χ1v) is 11.0. The van der Waals surface area contributed by atoms with E-state index >= 15 is 0 Å². The van der Waals surface area contributed by atoms with Gasteiger partial charge in [-0.05, 0) is 47.1 Å². The molecule has 0 saturated carbocycles. The Morgan fingerprint density at radius 1 is 1.21 bits per heavy atom. The van der Waals surface area contributed by atoms with E-state index in [-0.39, 0.29) is 5.91 Å². The number of benzene rings is 1. The Morgan fingerprint density at radius 3 is 2.68 bits per heavy atom. The minimum atomic E-state index is -0.117. The number of carbonyl (C=O) groups is 1. The molecule has 0 radical (unpaired) electrons. The molecule has 1 aliphatic heterocycles. The number of piperazine rings is 1. The van der Waals surface area contributed by atoms with Crippen LogP contribution in [0.3, 0.4) is 0 Å². The van der Waals surface area contributed by atoms with Crippen LogP contribution in [-0.2, 0) is 0 Å². The third-order valence-corrected chi connectivity index (χ3v) is 7.04. The highest BCUT2D eigenvalue weighted by Gasteiger charge is 2.24. The lowest BCUT2D eigenvalue weighted by Gasteiger charge is -2.35. The van der Waals surface area contributed by atoms with Crippen molar-refractivity contribution in [1.29, 1.82) is 0 Å². The van der Waals surface area contributed by atoms with E-state index in [9.17, 15) is 4.79 Å². The van der Waals surface area contributed by atoms with E-state index in [1.54, 1.807) is 6.33 Å². The van der Waals surface area contributed by atoms with Crippen molar-refractivity contribution in [2.45, 2.75) is 13.8 Å². The quantitative estimate of drug-likeness (QED) is 0.634. The van der Waals surface area contributed by atoms with Crippen LogP contribution in [0.5, 0.6) is 0 Å². The number of aromatic nitrogens is 2. The zero-order chi connectivity index (χ0) is 19.7. The molecular formula is C20H22BrN5OS. The number of para-hydroxylation sites is 1. The second kappa shape index (κ2) is 8.14. The van der Waals surface area contributed by atoms with Crippen molar-refractivity contribution >= 4 is 54.9 Å². The molecule has 146 valence electrons. The first-order chi connectivity index (χ1) is 13.6. The third-order valence-electron chi connectivity index (χ3n) is 5.15. The Morgan fingerprint density at radius 2 is 1.96 bits per heavy atom. The van der Waals surface area contributed by atoms with Crippen LogP contribution in [-0.4, -0.2) is 53.5 Å². The molecule has 0 aliphatic carbocycles. The molecule has 2 aromatic heterocycles. The van der Waals surface area contributed by atoms with E-state index < -0.39 is 0 Å². The van der Waals surface area contributed by atoms with Gasteiger partial charge in [-0.25, -0.2) is 9.97 Å². The molecule has 0 atom stereocenters. The molecule has 3 aromatic rings. The smallest absolute Gasteiger partial charge is 0.266 e. The number of carbonyl (C=O) groups excluding carboxylic acids is 1. The van der Waals surface area contributed by atoms with E-state index in [0.29, 0.717) is 4.88 Å². The summed E-state index contributed by atoms with van der Waals surface area (Å²) in [7, 11) is 0. The molecule has 0 unspecified atom stereocenters. The van der Waals surface area contributed by atoms with Crippen molar-refractivity contribution in [3.63, 3.8) is 0 Å². The van der Waals surface area contributed by atoms with Gasteiger partial charge in [-0.15, -0.1) is 11.3 Å². The summed E-state index contributed by atoms with van der Waals surface area (Å²) in [5, 5.41) is 3.99. The van der Waals surface area contributed by atoms with Crippen molar-refractivity contribution in [1.82, 2.24) is 14.9 Å². The summed E-state index contributed by atoms with van der Waals surface area (Å²) >= 11 is 4.91. The van der Waals surface area contributed by atoms with Crippen LogP contribution in [0.1, 0.15) is 22.2 Å². The number of nitrogens with one attached hydrogen (secondary N) is 1. The monoisotopic (exact) mass is 459 g/mol. The van der Waals surface area contributed by atoms with Crippen LogP contribution in [0.15, 0.2) is 35.1 Å². The lowest BCUT2D eigenvalue weighted by Crippen LogP contribution is -2.46. The SMILES string of the molecule is CCN1CCN(c2ncnc3sc(C(=O)Nc4ccccc4Br)c(C)c23)CC1. The first-order valence-electron chi connectivity index (χ1n) is 9.35. The fourth-order valence-electron chi connectivity index (χ4n) is 3.53. The van der Waals surface area contributed by atoms with Crippen molar-refractivity contribution in [2.24, 2.45) is 0 Å². The molecule has 1 aromatic carbocycles. The zero-order valence-corrected chi connectivity index (χ0v) is 18.3. The van der Waals surface area contributed by atoms with Crippen LogP contribution in [0.25, 0.3) is 10.2 Å². The van der Waals surface area contributed by atoms with Crippen molar-refractivity contribution in [2.75, 3.05) is 42.9 Å². The van der Waals surface area contributed by atoms with E-state index in [1.807, 2.05) is 31.2 Å². The van der Waals surface area contributed by atoms with Crippen molar-refractivity contribution < 1.29 is 4.79 Å². The average Bonchev–Trinajstić information content (AvgIpc) is 3.07. The predicted molar refractivity (Wildman–Crippen MR) is 119 cm³/mol. The molecule has 1 saturated heterocycles. The van der Waals surface area contributed by atoms with Crippen LogP contribution in [0, 0.1) is 6.92 Å². The number of hydrogen-bond donors (Lipinski definition) is 1.